The topological polar surface area (TPSA) is 70.7 Å². The SMILES string of the molecule is COc1ccc(NC(=O)[C@@H](C)Nc2ccc3c(c2)CCN3C(C)=O)cc1. The average molecular weight is 353 g/mol. The number of methoxy groups -OCH3 is 1. The van der Waals surface area contributed by atoms with Crippen LogP contribution in [0.15, 0.2) is 42.5 Å². The van der Waals surface area contributed by atoms with E-state index in [1.54, 1.807) is 43.2 Å². The molecule has 6 nitrogen and oxygen atoms in total. The summed E-state index contributed by atoms with van der Waals surface area (Å²) in [4.78, 5) is 25.8. The molecule has 6 heteroatoms. The highest BCUT2D eigenvalue weighted by atomic mass is 16.5. The minimum Gasteiger partial charge on any atom is -0.497 e. The van der Waals surface area contributed by atoms with Gasteiger partial charge in [0.1, 0.15) is 11.8 Å². The summed E-state index contributed by atoms with van der Waals surface area (Å²) in [6.07, 6.45) is 0.830. The lowest BCUT2D eigenvalue weighted by Gasteiger charge is -2.18. The van der Waals surface area contributed by atoms with Crippen LogP contribution in [-0.4, -0.2) is 31.5 Å². The molecular weight excluding hydrogens is 330 g/mol. The zero-order valence-electron chi connectivity index (χ0n) is 15.2. The zero-order valence-corrected chi connectivity index (χ0v) is 15.2. The number of nitrogens with one attached hydrogen (secondary N) is 2. The van der Waals surface area contributed by atoms with Crippen molar-refractivity contribution < 1.29 is 14.3 Å². The van der Waals surface area contributed by atoms with Crippen molar-refractivity contribution in [3.63, 3.8) is 0 Å². The Morgan fingerprint density at radius 3 is 2.46 bits per heavy atom. The van der Waals surface area contributed by atoms with Gasteiger partial charge in [0.25, 0.3) is 0 Å². The molecule has 3 rings (SSSR count). The van der Waals surface area contributed by atoms with Crippen molar-refractivity contribution in [2.45, 2.75) is 26.3 Å². The van der Waals surface area contributed by atoms with Crippen molar-refractivity contribution in [1.82, 2.24) is 0 Å². The molecule has 2 N–H and O–H groups in total. The number of rotatable bonds is 5. The molecule has 0 fully saturated rings. The second kappa shape index (κ2) is 7.47. The lowest BCUT2D eigenvalue weighted by molar-refractivity contribution is -0.117. The average Bonchev–Trinajstić information content (AvgIpc) is 3.05. The van der Waals surface area contributed by atoms with Gasteiger partial charge < -0.3 is 20.3 Å². The number of ether oxygens (including phenoxy) is 1. The maximum atomic E-state index is 12.4. The zero-order chi connectivity index (χ0) is 18.7. The third kappa shape index (κ3) is 3.79. The van der Waals surface area contributed by atoms with Gasteiger partial charge in [-0.05, 0) is 61.4 Å². The number of nitrogens with zero attached hydrogens (tertiary/aromatic N) is 1. The van der Waals surface area contributed by atoms with Crippen molar-refractivity contribution >= 4 is 28.9 Å². The molecule has 0 bridgehead atoms. The smallest absolute Gasteiger partial charge is 0.246 e. The van der Waals surface area contributed by atoms with E-state index in [9.17, 15) is 9.59 Å². The second-order valence-electron chi connectivity index (χ2n) is 6.35. The summed E-state index contributed by atoms with van der Waals surface area (Å²) in [6, 6.07) is 12.6. The van der Waals surface area contributed by atoms with Crippen molar-refractivity contribution in [1.29, 1.82) is 0 Å². The fourth-order valence-corrected chi connectivity index (χ4v) is 3.06. The summed E-state index contributed by atoms with van der Waals surface area (Å²) in [6.45, 7) is 4.10. The molecule has 0 spiro atoms. The second-order valence-corrected chi connectivity index (χ2v) is 6.35. The van der Waals surface area contributed by atoms with Crippen molar-refractivity contribution in [3.8, 4) is 5.75 Å². The van der Waals surface area contributed by atoms with Crippen LogP contribution >= 0.6 is 0 Å². The molecule has 26 heavy (non-hydrogen) atoms. The summed E-state index contributed by atoms with van der Waals surface area (Å²) < 4.78 is 5.11. The highest BCUT2D eigenvalue weighted by Crippen LogP contribution is 2.30. The van der Waals surface area contributed by atoms with E-state index in [-0.39, 0.29) is 11.8 Å². The lowest BCUT2D eigenvalue weighted by atomic mass is 10.1. The van der Waals surface area contributed by atoms with Crippen LogP contribution < -0.4 is 20.3 Å². The molecule has 136 valence electrons. The van der Waals surface area contributed by atoms with Crippen LogP contribution in [0.2, 0.25) is 0 Å². The maximum Gasteiger partial charge on any atom is 0.246 e. The molecule has 0 saturated heterocycles. The van der Waals surface area contributed by atoms with Gasteiger partial charge in [-0.15, -0.1) is 0 Å². The van der Waals surface area contributed by atoms with Crippen molar-refractivity contribution in [2.75, 3.05) is 29.2 Å². The molecule has 0 aliphatic carbocycles. The Hall–Kier alpha value is -3.02. The van der Waals surface area contributed by atoms with Crippen LogP contribution in [0.5, 0.6) is 5.75 Å². The molecule has 1 heterocycles. The number of carbonyl (C=O) groups is 2. The molecule has 1 atom stereocenters. The third-order valence-corrected chi connectivity index (χ3v) is 4.49. The van der Waals surface area contributed by atoms with E-state index in [0.29, 0.717) is 6.54 Å². The number of fused-ring (bicyclic) bond motifs is 1. The van der Waals surface area contributed by atoms with Gasteiger partial charge in [0.15, 0.2) is 0 Å². The van der Waals surface area contributed by atoms with E-state index in [1.165, 1.54) is 0 Å². The summed E-state index contributed by atoms with van der Waals surface area (Å²) in [5.41, 5.74) is 3.66. The van der Waals surface area contributed by atoms with Crippen LogP contribution in [0.1, 0.15) is 19.4 Å². The summed E-state index contributed by atoms with van der Waals surface area (Å²) >= 11 is 0. The number of benzene rings is 2. The quantitative estimate of drug-likeness (QED) is 0.867. The predicted molar refractivity (Wildman–Crippen MR) is 103 cm³/mol. The summed E-state index contributed by atoms with van der Waals surface area (Å²) in [7, 11) is 1.60. The van der Waals surface area contributed by atoms with Gasteiger partial charge in [-0.2, -0.15) is 0 Å². The fraction of sp³-hybridized carbons (Fsp3) is 0.300. The minimum absolute atomic E-state index is 0.0525. The lowest BCUT2D eigenvalue weighted by Crippen LogP contribution is -2.31. The van der Waals surface area contributed by atoms with E-state index >= 15 is 0 Å². The van der Waals surface area contributed by atoms with Gasteiger partial charge in [-0.25, -0.2) is 0 Å². The molecule has 0 saturated carbocycles. The first-order valence-corrected chi connectivity index (χ1v) is 8.60. The molecule has 0 unspecified atom stereocenters. The van der Waals surface area contributed by atoms with Crippen LogP contribution in [0, 0.1) is 0 Å². The van der Waals surface area contributed by atoms with E-state index in [4.69, 9.17) is 4.74 Å². The number of carbonyl (C=O) groups excluding carboxylic acids is 2. The van der Waals surface area contributed by atoms with Gasteiger partial charge in [-0.1, -0.05) is 0 Å². The minimum atomic E-state index is -0.402. The van der Waals surface area contributed by atoms with E-state index in [1.807, 2.05) is 25.1 Å². The third-order valence-electron chi connectivity index (χ3n) is 4.49. The summed E-state index contributed by atoms with van der Waals surface area (Å²) in [5.74, 6) is 0.671. The van der Waals surface area contributed by atoms with Gasteiger partial charge in [0.05, 0.1) is 7.11 Å². The first-order chi connectivity index (χ1) is 12.5. The first kappa shape index (κ1) is 17.8. The molecule has 0 radical (unpaired) electrons. The Morgan fingerprint density at radius 1 is 1.12 bits per heavy atom. The van der Waals surface area contributed by atoms with E-state index < -0.39 is 6.04 Å². The monoisotopic (exact) mass is 353 g/mol. The van der Waals surface area contributed by atoms with E-state index in [0.717, 1.165) is 34.8 Å². The first-order valence-electron chi connectivity index (χ1n) is 8.60. The molecule has 2 aromatic carbocycles. The molecule has 2 amide bonds. The Kier molecular flexibility index (Phi) is 5.11. The van der Waals surface area contributed by atoms with Gasteiger partial charge in [0, 0.05) is 30.5 Å². The highest BCUT2D eigenvalue weighted by Gasteiger charge is 2.22. The predicted octanol–water partition coefficient (Wildman–Crippen LogP) is 3.04. The number of hydrogen-bond donors (Lipinski definition) is 2. The Bertz CT molecular complexity index is 818. The van der Waals surface area contributed by atoms with Crippen molar-refractivity contribution in [2.24, 2.45) is 0 Å². The maximum absolute atomic E-state index is 12.4. The van der Waals surface area contributed by atoms with E-state index in [2.05, 4.69) is 10.6 Å². The molecular formula is C20H23N3O3. The standard InChI is InChI=1S/C20H23N3O3/c1-13(20(25)22-16-4-7-18(26-3)8-5-16)21-17-6-9-19-15(12-17)10-11-23(19)14(2)24/h4-9,12-13,21H,10-11H2,1-3H3,(H,22,25)/t13-/m1/s1. The van der Waals surface area contributed by atoms with Crippen LogP contribution in [0.4, 0.5) is 17.1 Å². The molecule has 1 aliphatic heterocycles. The number of hydrogen-bond acceptors (Lipinski definition) is 4. The van der Waals surface area contributed by atoms with Crippen LogP contribution in [-0.2, 0) is 16.0 Å². The Balaban J connectivity index is 1.63. The molecule has 0 aromatic heterocycles. The Morgan fingerprint density at radius 2 is 1.81 bits per heavy atom. The molecule has 1 aliphatic rings. The Labute approximate surface area is 153 Å². The normalized spacial score (nSPS) is 13.7. The van der Waals surface area contributed by atoms with Gasteiger partial charge in [0.2, 0.25) is 11.8 Å². The number of amides is 2. The van der Waals surface area contributed by atoms with Gasteiger partial charge in [-0.3, -0.25) is 9.59 Å². The molecule has 2 aromatic rings. The summed E-state index contributed by atoms with van der Waals surface area (Å²) in [5, 5.41) is 6.10. The van der Waals surface area contributed by atoms with Crippen LogP contribution in [0.3, 0.4) is 0 Å². The number of anilines is 3. The van der Waals surface area contributed by atoms with Crippen molar-refractivity contribution in [3.05, 3.63) is 48.0 Å². The van der Waals surface area contributed by atoms with Crippen LogP contribution in [0.25, 0.3) is 0 Å². The highest BCUT2D eigenvalue weighted by molar-refractivity contribution is 5.97. The largest absolute Gasteiger partial charge is 0.497 e. The van der Waals surface area contributed by atoms with Gasteiger partial charge >= 0.3 is 0 Å². The fourth-order valence-electron chi connectivity index (χ4n) is 3.06.